The number of aliphatic hydroxyl groups is 1. The van der Waals surface area contributed by atoms with Gasteiger partial charge in [0.05, 0.1) is 5.52 Å². The maximum atomic E-state index is 11.7. The van der Waals surface area contributed by atoms with Gasteiger partial charge in [-0.3, -0.25) is 4.21 Å². The van der Waals surface area contributed by atoms with Crippen molar-refractivity contribution in [2.45, 2.75) is 84.0 Å². The smallest absolute Gasteiger partial charge is 0.140 e. The van der Waals surface area contributed by atoms with Gasteiger partial charge in [-0.2, -0.15) is 0 Å². The summed E-state index contributed by atoms with van der Waals surface area (Å²) in [6, 6.07) is 10.5. The fourth-order valence-electron chi connectivity index (χ4n) is 4.94. The van der Waals surface area contributed by atoms with Gasteiger partial charge < -0.3 is 14.6 Å². The van der Waals surface area contributed by atoms with E-state index in [1.165, 1.54) is 43.2 Å². The third-order valence-electron chi connectivity index (χ3n) is 6.86. The predicted octanol–water partition coefficient (Wildman–Crippen LogP) is 6.05. The van der Waals surface area contributed by atoms with Gasteiger partial charge in [0, 0.05) is 65.0 Å². The third-order valence-corrected chi connectivity index (χ3v) is 8.27. The lowest BCUT2D eigenvalue weighted by Gasteiger charge is -2.33. The van der Waals surface area contributed by atoms with E-state index < -0.39 is 10.8 Å². The first-order chi connectivity index (χ1) is 17.3. The molecule has 198 valence electrons. The Kier molecular flexibility index (Phi) is 10.9. The van der Waals surface area contributed by atoms with Crippen LogP contribution in [0, 0.1) is 12.8 Å². The number of aliphatic hydroxyl groups excluding tert-OH is 1. The minimum absolute atomic E-state index is 0.167. The molecule has 3 heterocycles. The zero-order valence-electron chi connectivity index (χ0n) is 22.7. The van der Waals surface area contributed by atoms with E-state index in [1.807, 2.05) is 19.2 Å². The molecule has 1 unspecified atom stereocenters. The Morgan fingerprint density at radius 3 is 2.25 bits per heavy atom. The molecule has 2 aliphatic rings. The van der Waals surface area contributed by atoms with Gasteiger partial charge in [0.1, 0.15) is 11.6 Å². The van der Waals surface area contributed by atoms with Gasteiger partial charge in [0.15, 0.2) is 0 Å². The van der Waals surface area contributed by atoms with E-state index in [2.05, 4.69) is 56.8 Å². The molecule has 1 saturated heterocycles. The number of anilines is 1. The second-order valence-electron chi connectivity index (χ2n) is 10.4. The fourth-order valence-corrected chi connectivity index (χ4v) is 5.81. The summed E-state index contributed by atoms with van der Waals surface area (Å²) in [5, 5.41) is 9.62. The topological polar surface area (TPSA) is 71.2 Å². The molecule has 2 aromatic heterocycles. The second kappa shape index (κ2) is 13.9. The minimum Gasteiger partial charge on any atom is -0.394 e. The predicted molar refractivity (Wildman–Crippen MR) is 153 cm³/mol. The summed E-state index contributed by atoms with van der Waals surface area (Å²) >= 11 is 0. The Labute approximate surface area is 219 Å². The quantitative estimate of drug-likeness (QED) is 0.463. The van der Waals surface area contributed by atoms with Crippen molar-refractivity contribution in [2.75, 3.05) is 24.2 Å². The Morgan fingerprint density at radius 2 is 1.69 bits per heavy atom. The molecule has 7 heteroatoms. The number of aryl methyl sites for hydroxylation is 1. The number of rotatable bonds is 3. The van der Waals surface area contributed by atoms with Gasteiger partial charge in [-0.25, -0.2) is 9.97 Å². The van der Waals surface area contributed by atoms with Crippen LogP contribution >= 0.6 is 0 Å². The number of hydrogen-bond acceptors (Lipinski definition) is 5. The first-order valence-corrected chi connectivity index (χ1v) is 15.0. The van der Waals surface area contributed by atoms with Crippen LogP contribution < -0.4 is 4.90 Å². The minimum atomic E-state index is -0.719. The van der Waals surface area contributed by atoms with Crippen LogP contribution in [-0.4, -0.2) is 54.5 Å². The largest absolute Gasteiger partial charge is 0.394 e. The van der Waals surface area contributed by atoms with Gasteiger partial charge >= 0.3 is 0 Å². The molecule has 1 atom stereocenters. The summed E-state index contributed by atoms with van der Waals surface area (Å²) in [6.07, 6.45) is 14.9. The van der Waals surface area contributed by atoms with Crippen molar-refractivity contribution in [3.05, 3.63) is 48.5 Å². The molecule has 1 saturated carbocycles. The number of piperidine rings is 1. The van der Waals surface area contributed by atoms with Crippen LogP contribution in [0.2, 0.25) is 0 Å². The molecule has 0 amide bonds. The van der Waals surface area contributed by atoms with Crippen LogP contribution in [-0.2, 0) is 10.8 Å². The average Bonchev–Trinajstić information content (AvgIpc) is 3.29. The fraction of sp³-hybridized carbons (Fsp3) is 0.586. The zero-order valence-corrected chi connectivity index (χ0v) is 23.5. The Balaban J connectivity index is 0.000000274. The third kappa shape index (κ3) is 8.13. The zero-order chi connectivity index (χ0) is 26.1. The molecule has 2 fully saturated rings. The van der Waals surface area contributed by atoms with Gasteiger partial charge in [-0.1, -0.05) is 45.1 Å². The molecule has 6 nitrogen and oxygen atoms in total. The highest BCUT2D eigenvalue weighted by Crippen LogP contribution is 2.31. The lowest BCUT2D eigenvalue weighted by Crippen LogP contribution is -2.37. The molecule has 1 N–H and O–H groups in total. The van der Waals surface area contributed by atoms with Crippen molar-refractivity contribution >= 4 is 27.4 Å². The highest BCUT2D eigenvalue weighted by molar-refractivity contribution is 7.84. The summed E-state index contributed by atoms with van der Waals surface area (Å²) in [4.78, 5) is 11.1. The maximum absolute atomic E-state index is 11.7. The number of fused-ring (bicyclic) bond motifs is 1. The van der Waals surface area contributed by atoms with E-state index in [1.54, 1.807) is 20.0 Å². The summed E-state index contributed by atoms with van der Waals surface area (Å²) in [5.41, 5.74) is 2.40. The highest BCUT2D eigenvalue weighted by atomic mass is 32.2. The lowest BCUT2D eigenvalue weighted by molar-refractivity contribution is 0.216. The van der Waals surface area contributed by atoms with E-state index in [4.69, 9.17) is 5.11 Å². The molecular weight excluding hydrogens is 468 g/mol. The first-order valence-electron chi connectivity index (χ1n) is 13.4. The first kappa shape index (κ1) is 28.3. The monoisotopic (exact) mass is 512 g/mol. The molecule has 1 aromatic carbocycles. The van der Waals surface area contributed by atoms with Crippen molar-refractivity contribution in [1.29, 1.82) is 0 Å². The van der Waals surface area contributed by atoms with Crippen LogP contribution in [0.25, 0.3) is 16.7 Å². The average molecular weight is 513 g/mol. The summed E-state index contributed by atoms with van der Waals surface area (Å²) in [5.74, 6) is 2.69. The molecular formula is C29H44N4O2S. The summed E-state index contributed by atoms with van der Waals surface area (Å²) in [7, 11) is -0.719. The lowest BCUT2D eigenvalue weighted by atomic mass is 9.91. The van der Waals surface area contributed by atoms with E-state index in [0.29, 0.717) is 5.25 Å². The van der Waals surface area contributed by atoms with Gasteiger partial charge in [0.2, 0.25) is 0 Å². The van der Waals surface area contributed by atoms with Crippen molar-refractivity contribution < 1.29 is 9.32 Å². The Bertz CT molecular complexity index is 1100. The van der Waals surface area contributed by atoms with E-state index in [0.717, 1.165) is 49.0 Å². The Hall–Kier alpha value is -2.25. The number of aromatic nitrogens is 3. The molecule has 1 aliphatic heterocycles. The highest BCUT2D eigenvalue weighted by Gasteiger charge is 2.23. The summed E-state index contributed by atoms with van der Waals surface area (Å²) in [6.45, 7) is 9.63. The SMILES string of the molecule is CC(C)O.CC1CCCCC1.Cc1nccc(-n2ccc3c(N4CCC(S(C)=O)CC4)cccc32)n1. The van der Waals surface area contributed by atoms with Crippen LogP contribution in [0.3, 0.4) is 0 Å². The van der Waals surface area contributed by atoms with Crippen LogP contribution in [0.1, 0.15) is 71.5 Å². The van der Waals surface area contributed by atoms with Crippen LogP contribution in [0.4, 0.5) is 5.69 Å². The van der Waals surface area contributed by atoms with E-state index in [-0.39, 0.29) is 6.10 Å². The number of benzene rings is 1. The molecule has 0 bridgehead atoms. The Morgan fingerprint density at radius 1 is 1.03 bits per heavy atom. The van der Waals surface area contributed by atoms with Gasteiger partial charge in [-0.05, 0) is 63.8 Å². The second-order valence-corrected chi connectivity index (χ2v) is 12.0. The normalized spacial score (nSPS) is 17.8. The van der Waals surface area contributed by atoms with Crippen molar-refractivity contribution in [3.8, 4) is 5.82 Å². The van der Waals surface area contributed by atoms with Gasteiger partial charge in [-0.15, -0.1) is 0 Å². The van der Waals surface area contributed by atoms with Crippen LogP contribution in [0.5, 0.6) is 0 Å². The molecule has 0 spiro atoms. The molecule has 0 radical (unpaired) electrons. The molecule has 36 heavy (non-hydrogen) atoms. The van der Waals surface area contributed by atoms with Gasteiger partial charge in [0.25, 0.3) is 0 Å². The number of hydrogen-bond donors (Lipinski definition) is 1. The van der Waals surface area contributed by atoms with Crippen LogP contribution in [0.15, 0.2) is 42.7 Å². The van der Waals surface area contributed by atoms with Crippen molar-refractivity contribution in [3.63, 3.8) is 0 Å². The standard InChI is InChI=1S/C19H22N4OS.C7H14.C3H8O/c1-14-20-10-6-19(21-14)23-13-9-16-17(4-3-5-18(16)23)22-11-7-15(8-12-22)25(2)24;1-7-5-3-2-4-6-7;1-3(2)4/h3-6,9-10,13,15H,7-8,11-12H2,1-2H3;7H,2-6H2,1H3;3-4H,1-2H3. The summed E-state index contributed by atoms with van der Waals surface area (Å²) < 4.78 is 13.8. The van der Waals surface area contributed by atoms with E-state index >= 15 is 0 Å². The van der Waals surface area contributed by atoms with Crippen molar-refractivity contribution in [2.24, 2.45) is 5.92 Å². The maximum Gasteiger partial charge on any atom is 0.140 e. The molecule has 5 rings (SSSR count). The van der Waals surface area contributed by atoms with Crippen molar-refractivity contribution in [1.82, 2.24) is 14.5 Å². The van der Waals surface area contributed by atoms with E-state index in [9.17, 15) is 4.21 Å². The number of nitrogens with zero attached hydrogens (tertiary/aromatic N) is 4. The molecule has 3 aromatic rings. The molecule has 1 aliphatic carbocycles.